The first kappa shape index (κ1) is 17.4. The predicted molar refractivity (Wildman–Crippen MR) is 109 cm³/mol. The fraction of sp³-hybridized carbons (Fsp3) is 0.150. The maximum atomic E-state index is 13.4. The second-order valence-electron chi connectivity index (χ2n) is 6.47. The van der Waals surface area contributed by atoms with E-state index in [1.54, 1.807) is 4.57 Å². The highest BCUT2D eigenvalue weighted by Gasteiger charge is 2.18. The number of hydrogen-bond acceptors (Lipinski definition) is 4. The highest BCUT2D eigenvalue weighted by atomic mass is 32.2. The lowest BCUT2D eigenvalue weighted by Gasteiger charge is -2.14. The molecule has 0 saturated carbocycles. The van der Waals surface area contributed by atoms with E-state index in [0.717, 1.165) is 27.7 Å². The van der Waals surface area contributed by atoms with E-state index in [1.165, 1.54) is 11.8 Å². The molecule has 0 saturated heterocycles. The largest absolute Gasteiger partial charge is 0.369 e. The summed E-state index contributed by atoms with van der Waals surface area (Å²) < 4.78 is 1.56. The number of benzene rings is 2. The summed E-state index contributed by atoms with van der Waals surface area (Å²) >= 11 is 1.17. The van der Waals surface area contributed by atoms with Crippen LogP contribution < -0.4 is 11.3 Å². The Morgan fingerprint density at radius 3 is 2.78 bits per heavy atom. The van der Waals surface area contributed by atoms with Gasteiger partial charge in [0.2, 0.25) is 5.91 Å². The molecular formula is C20H18N4O2S. The summed E-state index contributed by atoms with van der Waals surface area (Å²) in [5.74, 6) is -0.411. The van der Waals surface area contributed by atoms with E-state index in [-0.39, 0.29) is 11.3 Å². The van der Waals surface area contributed by atoms with Crippen LogP contribution in [0.25, 0.3) is 27.6 Å². The molecule has 0 radical (unpaired) electrons. The topological polar surface area (TPSA) is 93.8 Å². The van der Waals surface area contributed by atoms with Gasteiger partial charge in [0.05, 0.1) is 11.4 Å². The maximum absolute atomic E-state index is 13.4. The minimum absolute atomic E-state index is 0.0468. The van der Waals surface area contributed by atoms with Gasteiger partial charge >= 0.3 is 0 Å². The smallest absolute Gasteiger partial charge is 0.283 e. The molecule has 0 aliphatic carbocycles. The molecule has 7 heteroatoms. The van der Waals surface area contributed by atoms with E-state index in [9.17, 15) is 9.59 Å². The summed E-state index contributed by atoms with van der Waals surface area (Å²) in [6.07, 6.45) is 0. The lowest BCUT2D eigenvalue weighted by Crippen LogP contribution is -2.23. The highest BCUT2D eigenvalue weighted by Crippen LogP contribution is 2.27. The molecule has 0 atom stereocenters. The van der Waals surface area contributed by atoms with Crippen molar-refractivity contribution in [3.8, 4) is 5.69 Å². The second-order valence-corrected chi connectivity index (χ2v) is 7.42. The van der Waals surface area contributed by atoms with Gasteiger partial charge in [-0.05, 0) is 37.1 Å². The van der Waals surface area contributed by atoms with Gasteiger partial charge in [-0.3, -0.25) is 14.2 Å². The van der Waals surface area contributed by atoms with Crippen LogP contribution in [0.2, 0.25) is 0 Å². The van der Waals surface area contributed by atoms with Gasteiger partial charge in [-0.2, -0.15) is 0 Å². The number of para-hydroxylation sites is 1. The van der Waals surface area contributed by atoms with Crippen LogP contribution in [0.4, 0.5) is 0 Å². The van der Waals surface area contributed by atoms with Gasteiger partial charge in [-0.1, -0.05) is 42.1 Å². The van der Waals surface area contributed by atoms with E-state index in [4.69, 9.17) is 10.7 Å². The summed E-state index contributed by atoms with van der Waals surface area (Å²) in [5, 5.41) is 1.32. The highest BCUT2D eigenvalue weighted by molar-refractivity contribution is 7.99. The quantitative estimate of drug-likeness (QED) is 0.421. The molecule has 0 spiro atoms. The van der Waals surface area contributed by atoms with Crippen LogP contribution in [0.15, 0.2) is 52.4 Å². The third kappa shape index (κ3) is 3.00. The molecule has 1 amide bonds. The Morgan fingerprint density at radius 2 is 2.00 bits per heavy atom. The predicted octanol–water partition coefficient (Wildman–Crippen LogP) is 3.06. The van der Waals surface area contributed by atoms with Crippen molar-refractivity contribution in [2.24, 2.45) is 5.73 Å². The minimum Gasteiger partial charge on any atom is -0.369 e. The molecule has 6 nitrogen and oxygen atoms in total. The van der Waals surface area contributed by atoms with Gasteiger partial charge in [-0.25, -0.2) is 4.98 Å². The summed E-state index contributed by atoms with van der Waals surface area (Å²) in [6, 6.07) is 13.6. The van der Waals surface area contributed by atoms with E-state index in [2.05, 4.69) is 4.98 Å². The van der Waals surface area contributed by atoms with Crippen LogP contribution in [0.5, 0.6) is 0 Å². The van der Waals surface area contributed by atoms with Crippen molar-refractivity contribution < 1.29 is 4.79 Å². The maximum Gasteiger partial charge on any atom is 0.283 e. The molecule has 0 bridgehead atoms. The number of fused-ring (bicyclic) bond motifs is 3. The van der Waals surface area contributed by atoms with Crippen LogP contribution in [-0.2, 0) is 4.79 Å². The van der Waals surface area contributed by atoms with E-state index in [1.807, 2.05) is 56.3 Å². The van der Waals surface area contributed by atoms with E-state index < -0.39 is 5.91 Å². The van der Waals surface area contributed by atoms with Gasteiger partial charge in [0.1, 0.15) is 11.0 Å². The van der Waals surface area contributed by atoms with Gasteiger partial charge in [0.15, 0.2) is 5.16 Å². The van der Waals surface area contributed by atoms with Crippen molar-refractivity contribution in [2.75, 3.05) is 5.75 Å². The fourth-order valence-corrected chi connectivity index (χ4v) is 3.89. The number of carbonyl (C=O) groups is 1. The van der Waals surface area contributed by atoms with Gasteiger partial charge in [0, 0.05) is 10.9 Å². The molecule has 4 aromatic rings. The number of primary amides is 1. The summed E-state index contributed by atoms with van der Waals surface area (Å²) in [6.45, 7) is 3.91. The van der Waals surface area contributed by atoms with E-state index >= 15 is 0 Å². The van der Waals surface area contributed by atoms with Crippen LogP contribution in [-0.4, -0.2) is 26.2 Å². The second kappa shape index (κ2) is 6.59. The molecule has 27 heavy (non-hydrogen) atoms. The Hall–Kier alpha value is -3.06. The van der Waals surface area contributed by atoms with Crippen molar-refractivity contribution in [1.29, 1.82) is 0 Å². The number of aromatic nitrogens is 3. The zero-order valence-electron chi connectivity index (χ0n) is 14.9. The average Bonchev–Trinajstić information content (AvgIpc) is 3.01. The zero-order chi connectivity index (χ0) is 19.1. The third-order valence-corrected chi connectivity index (χ3v) is 5.40. The molecule has 0 fully saturated rings. The Balaban J connectivity index is 2.08. The first-order valence-electron chi connectivity index (χ1n) is 8.48. The van der Waals surface area contributed by atoms with Gasteiger partial charge in [0.25, 0.3) is 5.56 Å². The Bertz CT molecular complexity index is 1260. The first-order chi connectivity index (χ1) is 13.0. The molecule has 0 aliphatic rings. The summed E-state index contributed by atoms with van der Waals surface area (Å²) in [4.78, 5) is 32.6. The lowest BCUT2D eigenvalue weighted by molar-refractivity contribution is -0.115. The summed E-state index contributed by atoms with van der Waals surface area (Å²) in [7, 11) is 0. The molecule has 4 rings (SSSR count). The molecular weight excluding hydrogens is 360 g/mol. The molecule has 2 heterocycles. The van der Waals surface area contributed by atoms with Crippen LogP contribution in [0.1, 0.15) is 11.1 Å². The Morgan fingerprint density at radius 1 is 1.22 bits per heavy atom. The number of thioether (sulfide) groups is 1. The zero-order valence-corrected chi connectivity index (χ0v) is 15.8. The molecule has 2 aromatic carbocycles. The number of aromatic amines is 1. The number of nitrogens with one attached hydrogen (secondary N) is 1. The van der Waals surface area contributed by atoms with Crippen molar-refractivity contribution in [1.82, 2.24) is 14.5 Å². The normalized spacial score (nSPS) is 11.3. The SMILES string of the molecule is Cc1ccc(C)c(-n2c(SCC(N)=O)nc3c([nH]c4ccccc43)c2=O)c1. The number of nitrogens with two attached hydrogens (primary N) is 1. The lowest BCUT2D eigenvalue weighted by atomic mass is 10.1. The molecule has 0 aliphatic heterocycles. The molecule has 0 unspecified atom stereocenters. The first-order valence-corrected chi connectivity index (χ1v) is 9.46. The minimum atomic E-state index is -0.458. The average molecular weight is 378 g/mol. The number of nitrogens with zero attached hydrogens (tertiary/aromatic N) is 2. The monoisotopic (exact) mass is 378 g/mol. The standard InChI is InChI=1S/C20H18N4O2S/c1-11-7-8-12(2)15(9-11)24-19(26)18-17(23-20(24)27-10-16(21)25)13-5-3-4-6-14(13)22-18/h3-9,22H,10H2,1-2H3,(H2,21,25). The molecule has 136 valence electrons. The van der Waals surface area contributed by atoms with Gasteiger partial charge < -0.3 is 10.7 Å². The third-order valence-electron chi connectivity index (χ3n) is 4.44. The van der Waals surface area contributed by atoms with Crippen LogP contribution in [0.3, 0.4) is 0 Å². The van der Waals surface area contributed by atoms with Crippen molar-refractivity contribution in [2.45, 2.75) is 19.0 Å². The van der Waals surface area contributed by atoms with Crippen molar-refractivity contribution in [3.63, 3.8) is 0 Å². The fourth-order valence-electron chi connectivity index (χ4n) is 3.15. The van der Waals surface area contributed by atoms with Crippen LogP contribution >= 0.6 is 11.8 Å². The summed E-state index contributed by atoms with van der Waals surface area (Å²) in [5.41, 5.74) is 9.75. The number of aryl methyl sites for hydroxylation is 2. The van der Waals surface area contributed by atoms with Crippen LogP contribution in [0, 0.1) is 13.8 Å². The number of H-pyrrole nitrogens is 1. The van der Waals surface area contributed by atoms with Gasteiger partial charge in [-0.15, -0.1) is 0 Å². The molecule has 2 aromatic heterocycles. The molecule has 3 N–H and O–H groups in total. The Labute approximate surface area is 159 Å². The number of hydrogen-bond donors (Lipinski definition) is 2. The van der Waals surface area contributed by atoms with Crippen molar-refractivity contribution in [3.05, 3.63) is 63.9 Å². The number of rotatable bonds is 4. The van der Waals surface area contributed by atoms with Crippen molar-refractivity contribution >= 4 is 39.6 Å². The number of carbonyl (C=O) groups excluding carboxylic acids is 1. The Kier molecular flexibility index (Phi) is 4.24. The number of amides is 1. The van der Waals surface area contributed by atoms with E-state index in [0.29, 0.717) is 16.2 Å².